The van der Waals surface area contributed by atoms with Gasteiger partial charge in [0.2, 0.25) is 11.7 Å². The molecule has 0 saturated carbocycles. The molecule has 0 radical (unpaired) electrons. The number of carbonyl (C=O) groups excluding carboxylic acids is 1. The summed E-state index contributed by atoms with van der Waals surface area (Å²) < 4.78 is 6.79. The van der Waals surface area contributed by atoms with Gasteiger partial charge in [0.1, 0.15) is 6.04 Å². The maximum Gasteiger partial charge on any atom is 0.274 e. The lowest BCUT2D eigenvalue weighted by atomic mass is 10.0. The van der Waals surface area contributed by atoms with Crippen LogP contribution in [0, 0.1) is 23.0 Å². The standard InChI is InChI=1S/C21H20N8O4/c1-12(2)17(21-24-19(26-33-21)14-7-9-22-10-8-14)23-20(30)18-13(3)28(27-25-18)15-5-4-6-16(11-15)29(31)32/h4-12,17H,1-3H3,(H,23,30). The summed E-state index contributed by atoms with van der Waals surface area (Å²) >= 11 is 0. The van der Waals surface area contributed by atoms with Crippen LogP contribution >= 0.6 is 0 Å². The van der Waals surface area contributed by atoms with E-state index in [-0.39, 0.29) is 23.2 Å². The Labute approximate surface area is 187 Å². The van der Waals surface area contributed by atoms with Gasteiger partial charge in [-0.05, 0) is 31.0 Å². The number of amides is 1. The number of aromatic nitrogens is 6. The summed E-state index contributed by atoms with van der Waals surface area (Å²) in [5.41, 5.74) is 1.59. The van der Waals surface area contributed by atoms with Crippen LogP contribution in [-0.4, -0.2) is 40.9 Å². The molecule has 1 amide bonds. The molecule has 0 spiro atoms. The average molecular weight is 448 g/mol. The van der Waals surface area contributed by atoms with Gasteiger partial charge in [-0.3, -0.25) is 19.9 Å². The number of benzene rings is 1. The SMILES string of the molecule is Cc1c(C(=O)NC(c2nc(-c3ccncc3)no2)C(C)C)nnn1-c1cccc([N+](=O)[O-])c1. The summed E-state index contributed by atoms with van der Waals surface area (Å²) in [5.74, 6) is 0.104. The minimum atomic E-state index is -0.567. The van der Waals surface area contributed by atoms with Crippen molar-refractivity contribution in [2.24, 2.45) is 5.92 Å². The number of rotatable bonds is 7. The third kappa shape index (κ3) is 4.44. The van der Waals surface area contributed by atoms with E-state index in [0.717, 1.165) is 5.56 Å². The third-order valence-corrected chi connectivity index (χ3v) is 4.99. The molecule has 0 aliphatic carbocycles. The molecule has 1 unspecified atom stereocenters. The molecule has 1 atom stereocenters. The molecule has 0 bridgehead atoms. The molecule has 1 aromatic carbocycles. The molecule has 4 rings (SSSR count). The third-order valence-electron chi connectivity index (χ3n) is 4.99. The minimum absolute atomic E-state index is 0.0631. The molecular weight excluding hydrogens is 428 g/mol. The van der Waals surface area contributed by atoms with Gasteiger partial charge in [0.05, 0.1) is 16.3 Å². The number of nitrogens with zero attached hydrogens (tertiary/aromatic N) is 7. The van der Waals surface area contributed by atoms with Gasteiger partial charge in [0.15, 0.2) is 5.69 Å². The van der Waals surface area contributed by atoms with Gasteiger partial charge in [-0.15, -0.1) is 5.10 Å². The van der Waals surface area contributed by atoms with Crippen molar-refractivity contribution in [3.05, 3.63) is 76.2 Å². The normalized spacial score (nSPS) is 12.0. The number of hydrogen-bond acceptors (Lipinski definition) is 9. The maximum atomic E-state index is 13.0. The Morgan fingerprint density at radius 1 is 1.21 bits per heavy atom. The Morgan fingerprint density at radius 2 is 1.97 bits per heavy atom. The van der Waals surface area contributed by atoms with Gasteiger partial charge in [-0.2, -0.15) is 4.98 Å². The van der Waals surface area contributed by atoms with Gasteiger partial charge in [0.25, 0.3) is 11.6 Å². The van der Waals surface area contributed by atoms with Crippen LogP contribution in [0.4, 0.5) is 5.69 Å². The van der Waals surface area contributed by atoms with Crippen molar-refractivity contribution in [2.75, 3.05) is 0 Å². The van der Waals surface area contributed by atoms with Gasteiger partial charge in [-0.25, -0.2) is 4.68 Å². The molecule has 33 heavy (non-hydrogen) atoms. The molecule has 0 aliphatic rings. The van der Waals surface area contributed by atoms with Crippen LogP contribution in [0.5, 0.6) is 0 Å². The molecule has 1 N–H and O–H groups in total. The van der Waals surface area contributed by atoms with Gasteiger partial charge < -0.3 is 9.84 Å². The Kier molecular flexibility index (Phi) is 5.89. The number of nitrogens with one attached hydrogen (secondary N) is 1. The molecule has 0 fully saturated rings. The van der Waals surface area contributed by atoms with E-state index in [9.17, 15) is 14.9 Å². The summed E-state index contributed by atoms with van der Waals surface area (Å²) in [7, 11) is 0. The summed E-state index contributed by atoms with van der Waals surface area (Å²) in [6.07, 6.45) is 3.25. The lowest BCUT2D eigenvalue weighted by molar-refractivity contribution is -0.384. The maximum absolute atomic E-state index is 13.0. The predicted octanol–water partition coefficient (Wildman–Crippen LogP) is 3.06. The van der Waals surface area contributed by atoms with E-state index < -0.39 is 16.9 Å². The van der Waals surface area contributed by atoms with Crippen LogP contribution in [0.2, 0.25) is 0 Å². The van der Waals surface area contributed by atoms with Crippen molar-refractivity contribution < 1.29 is 14.2 Å². The number of nitro benzene ring substituents is 1. The Bertz CT molecular complexity index is 1300. The molecule has 168 valence electrons. The highest BCUT2D eigenvalue weighted by atomic mass is 16.6. The smallest absolute Gasteiger partial charge is 0.274 e. The molecule has 4 aromatic rings. The summed E-state index contributed by atoms with van der Waals surface area (Å²) in [6, 6.07) is 8.87. The van der Waals surface area contributed by atoms with E-state index in [1.165, 1.54) is 16.8 Å². The van der Waals surface area contributed by atoms with Crippen LogP contribution in [0.15, 0.2) is 53.3 Å². The molecular formula is C21H20N8O4. The topological polar surface area (TPSA) is 155 Å². The van der Waals surface area contributed by atoms with Crippen molar-refractivity contribution in [2.45, 2.75) is 26.8 Å². The van der Waals surface area contributed by atoms with E-state index in [1.54, 1.807) is 43.6 Å². The molecule has 12 heteroatoms. The van der Waals surface area contributed by atoms with Crippen LogP contribution in [0.3, 0.4) is 0 Å². The van der Waals surface area contributed by atoms with Crippen LogP contribution in [-0.2, 0) is 0 Å². The van der Waals surface area contributed by atoms with E-state index in [1.807, 2.05) is 13.8 Å². The molecule has 0 aliphatic heterocycles. The number of carbonyl (C=O) groups is 1. The number of non-ortho nitro benzene ring substituents is 1. The predicted molar refractivity (Wildman–Crippen MR) is 115 cm³/mol. The van der Waals surface area contributed by atoms with Crippen molar-refractivity contribution >= 4 is 11.6 Å². The fraction of sp³-hybridized carbons (Fsp3) is 0.238. The first-order valence-corrected chi connectivity index (χ1v) is 10.1. The zero-order valence-corrected chi connectivity index (χ0v) is 18.0. The zero-order valence-electron chi connectivity index (χ0n) is 18.0. The largest absolute Gasteiger partial charge is 0.339 e. The van der Waals surface area contributed by atoms with Gasteiger partial charge >= 0.3 is 0 Å². The number of nitro groups is 1. The second-order valence-electron chi connectivity index (χ2n) is 7.60. The van der Waals surface area contributed by atoms with Crippen LogP contribution in [0.25, 0.3) is 17.1 Å². The lowest BCUT2D eigenvalue weighted by Crippen LogP contribution is -2.32. The second kappa shape index (κ2) is 8.94. The van der Waals surface area contributed by atoms with E-state index in [2.05, 4.69) is 30.8 Å². The fourth-order valence-electron chi connectivity index (χ4n) is 3.23. The molecule has 0 saturated heterocycles. The molecule has 3 heterocycles. The Morgan fingerprint density at radius 3 is 2.67 bits per heavy atom. The lowest BCUT2D eigenvalue weighted by Gasteiger charge is -2.18. The first kappa shape index (κ1) is 21.7. The highest BCUT2D eigenvalue weighted by Crippen LogP contribution is 2.24. The molecule has 3 aromatic heterocycles. The van der Waals surface area contributed by atoms with Crippen molar-refractivity contribution in [1.82, 2.24) is 35.4 Å². The number of hydrogen-bond donors (Lipinski definition) is 1. The fourth-order valence-corrected chi connectivity index (χ4v) is 3.23. The Balaban J connectivity index is 1.58. The first-order chi connectivity index (χ1) is 15.8. The highest BCUT2D eigenvalue weighted by Gasteiger charge is 2.28. The summed E-state index contributed by atoms with van der Waals surface area (Å²) in [5, 5.41) is 25.9. The zero-order chi connectivity index (χ0) is 23.5. The summed E-state index contributed by atoms with van der Waals surface area (Å²) in [4.78, 5) is 32.0. The average Bonchev–Trinajstić information content (AvgIpc) is 3.45. The van der Waals surface area contributed by atoms with Gasteiger partial charge in [0, 0.05) is 30.1 Å². The minimum Gasteiger partial charge on any atom is -0.339 e. The summed E-state index contributed by atoms with van der Waals surface area (Å²) in [6.45, 7) is 5.48. The highest BCUT2D eigenvalue weighted by molar-refractivity contribution is 5.93. The van der Waals surface area contributed by atoms with E-state index in [0.29, 0.717) is 17.2 Å². The second-order valence-corrected chi connectivity index (χ2v) is 7.60. The monoisotopic (exact) mass is 448 g/mol. The van der Waals surface area contributed by atoms with Crippen molar-refractivity contribution in [3.8, 4) is 17.1 Å². The Hall–Kier alpha value is -4.48. The van der Waals surface area contributed by atoms with E-state index >= 15 is 0 Å². The van der Waals surface area contributed by atoms with Gasteiger partial charge in [-0.1, -0.05) is 30.3 Å². The molecule has 12 nitrogen and oxygen atoms in total. The van der Waals surface area contributed by atoms with Crippen molar-refractivity contribution in [1.29, 1.82) is 0 Å². The van der Waals surface area contributed by atoms with Crippen LogP contribution < -0.4 is 5.32 Å². The quantitative estimate of drug-likeness (QED) is 0.332. The van der Waals surface area contributed by atoms with E-state index in [4.69, 9.17) is 4.52 Å². The number of pyridine rings is 1. The first-order valence-electron chi connectivity index (χ1n) is 10.1. The van der Waals surface area contributed by atoms with Crippen molar-refractivity contribution in [3.63, 3.8) is 0 Å². The van der Waals surface area contributed by atoms with Crippen LogP contribution in [0.1, 0.15) is 42.0 Å².